The zero-order chi connectivity index (χ0) is 9.80. The summed E-state index contributed by atoms with van der Waals surface area (Å²) in [6, 6.07) is 8.21. The van der Waals surface area contributed by atoms with Gasteiger partial charge < -0.3 is 4.74 Å². The van der Waals surface area contributed by atoms with Gasteiger partial charge in [-0.1, -0.05) is 0 Å². The van der Waals surface area contributed by atoms with Crippen molar-refractivity contribution in [1.82, 2.24) is 0 Å². The third kappa shape index (κ3) is 1.95. The van der Waals surface area contributed by atoms with E-state index in [1.54, 1.807) is 0 Å². The minimum absolute atomic E-state index is 0.723. The van der Waals surface area contributed by atoms with E-state index in [0.29, 0.717) is 0 Å². The second kappa shape index (κ2) is 4.27. The van der Waals surface area contributed by atoms with Gasteiger partial charge in [0.2, 0.25) is 0 Å². The number of ether oxygens (including phenoxy) is 1. The van der Waals surface area contributed by atoms with Crippen LogP contribution in [-0.4, -0.2) is 18.9 Å². The van der Waals surface area contributed by atoms with Gasteiger partial charge in [0, 0.05) is 12.3 Å². The van der Waals surface area contributed by atoms with Crippen LogP contribution in [0.2, 0.25) is 0 Å². The van der Waals surface area contributed by atoms with E-state index in [9.17, 15) is 0 Å². The first-order valence-corrected chi connectivity index (χ1v) is 5.16. The predicted molar refractivity (Wildman–Crippen MR) is 58.2 cm³/mol. The summed E-state index contributed by atoms with van der Waals surface area (Å²) in [6.07, 6.45) is 2.32. The van der Waals surface area contributed by atoms with Gasteiger partial charge >= 0.3 is 0 Å². The van der Waals surface area contributed by atoms with Crippen LogP contribution in [0, 0.1) is 0 Å². The largest absolute Gasteiger partial charge is 0.494 e. The molecule has 0 spiro atoms. The topological polar surface area (TPSA) is 21.6 Å². The molecule has 2 rings (SSSR count). The number of benzene rings is 1. The van der Waals surface area contributed by atoms with Crippen molar-refractivity contribution in [2.75, 3.05) is 13.2 Å². The molecule has 1 aromatic carbocycles. The minimum Gasteiger partial charge on any atom is -0.494 e. The van der Waals surface area contributed by atoms with Crippen molar-refractivity contribution in [2.45, 2.75) is 19.8 Å². The Morgan fingerprint density at radius 1 is 1.29 bits per heavy atom. The van der Waals surface area contributed by atoms with Crippen LogP contribution >= 0.6 is 0 Å². The second-order valence-electron chi connectivity index (χ2n) is 3.39. The first-order valence-electron chi connectivity index (χ1n) is 5.16. The van der Waals surface area contributed by atoms with Gasteiger partial charge in [0.1, 0.15) is 5.75 Å². The van der Waals surface area contributed by atoms with E-state index in [1.807, 2.05) is 19.1 Å². The smallest absolute Gasteiger partial charge is 0.119 e. The molecule has 2 heteroatoms. The molecule has 0 aromatic heterocycles. The molecule has 14 heavy (non-hydrogen) atoms. The molecule has 0 unspecified atom stereocenters. The average Bonchev–Trinajstić information content (AvgIpc) is 2.72. The molecule has 0 bridgehead atoms. The quantitative estimate of drug-likeness (QED) is 0.716. The minimum atomic E-state index is 0.723. The Bertz CT molecular complexity index is 327. The van der Waals surface area contributed by atoms with Gasteiger partial charge in [0.25, 0.3) is 0 Å². The van der Waals surface area contributed by atoms with Gasteiger partial charge in [-0.15, -0.1) is 0 Å². The third-order valence-electron chi connectivity index (χ3n) is 2.37. The lowest BCUT2D eigenvalue weighted by atomic mass is 10.1. The molecule has 0 aliphatic carbocycles. The zero-order valence-electron chi connectivity index (χ0n) is 8.49. The maximum Gasteiger partial charge on any atom is 0.119 e. The molecule has 0 saturated carbocycles. The fourth-order valence-electron chi connectivity index (χ4n) is 1.69. The Kier molecular flexibility index (Phi) is 2.82. The first kappa shape index (κ1) is 9.25. The molecule has 1 heterocycles. The molecule has 74 valence electrons. The Hall–Kier alpha value is -1.31. The van der Waals surface area contributed by atoms with Crippen molar-refractivity contribution in [1.29, 1.82) is 0 Å². The van der Waals surface area contributed by atoms with Gasteiger partial charge in [-0.05, 0) is 49.6 Å². The number of aliphatic imine (C=N–C) groups is 1. The summed E-state index contributed by atoms with van der Waals surface area (Å²) >= 11 is 0. The van der Waals surface area contributed by atoms with E-state index in [-0.39, 0.29) is 0 Å². The summed E-state index contributed by atoms with van der Waals surface area (Å²) < 4.78 is 5.38. The number of rotatable bonds is 3. The summed E-state index contributed by atoms with van der Waals surface area (Å²) in [5.74, 6) is 0.940. The third-order valence-corrected chi connectivity index (χ3v) is 2.37. The summed E-state index contributed by atoms with van der Waals surface area (Å²) in [7, 11) is 0. The number of nitrogens with zero attached hydrogens (tertiary/aromatic N) is 1. The highest BCUT2D eigenvalue weighted by molar-refractivity contribution is 6.01. The summed E-state index contributed by atoms with van der Waals surface area (Å²) in [4.78, 5) is 4.46. The fourth-order valence-corrected chi connectivity index (χ4v) is 1.69. The molecule has 1 aliphatic rings. The molecule has 0 radical (unpaired) electrons. The highest BCUT2D eigenvalue weighted by Crippen LogP contribution is 2.17. The van der Waals surface area contributed by atoms with Gasteiger partial charge in [0.05, 0.1) is 6.61 Å². The van der Waals surface area contributed by atoms with Crippen LogP contribution in [0.25, 0.3) is 0 Å². The normalized spacial score (nSPS) is 15.4. The highest BCUT2D eigenvalue weighted by Gasteiger charge is 2.08. The average molecular weight is 189 g/mol. The Morgan fingerprint density at radius 3 is 2.64 bits per heavy atom. The molecule has 0 atom stereocenters. The predicted octanol–water partition coefficient (Wildman–Crippen LogP) is 2.67. The second-order valence-corrected chi connectivity index (χ2v) is 3.39. The molecule has 1 aromatic rings. The first-order chi connectivity index (χ1) is 6.90. The molecular formula is C12H15NO. The Morgan fingerprint density at radius 2 is 2.07 bits per heavy atom. The van der Waals surface area contributed by atoms with Gasteiger partial charge in [0.15, 0.2) is 0 Å². The van der Waals surface area contributed by atoms with E-state index in [4.69, 9.17) is 4.74 Å². The molecule has 0 fully saturated rings. The van der Waals surface area contributed by atoms with E-state index < -0.39 is 0 Å². The molecule has 0 amide bonds. The SMILES string of the molecule is CCOc1ccc(C2=NCCC2)cc1. The van der Waals surface area contributed by atoms with Crippen molar-refractivity contribution in [2.24, 2.45) is 4.99 Å². The Balaban J connectivity index is 2.13. The van der Waals surface area contributed by atoms with E-state index >= 15 is 0 Å². The van der Waals surface area contributed by atoms with Crippen molar-refractivity contribution >= 4 is 5.71 Å². The molecular weight excluding hydrogens is 174 g/mol. The van der Waals surface area contributed by atoms with Crippen LogP contribution in [0.4, 0.5) is 0 Å². The van der Waals surface area contributed by atoms with Crippen molar-refractivity contribution in [3.8, 4) is 5.75 Å². The van der Waals surface area contributed by atoms with Gasteiger partial charge in [-0.25, -0.2) is 0 Å². The van der Waals surface area contributed by atoms with Crippen LogP contribution < -0.4 is 4.74 Å². The van der Waals surface area contributed by atoms with Crippen molar-refractivity contribution in [3.05, 3.63) is 29.8 Å². The van der Waals surface area contributed by atoms with E-state index in [2.05, 4.69) is 17.1 Å². The number of hydrogen-bond acceptors (Lipinski definition) is 2. The van der Waals surface area contributed by atoms with Crippen LogP contribution in [0.1, 0.15) is 25.3 Å². The maximum absolute atomic E-state index is 5.38. The van der Waals surface area contributed by atoms with Crippen LogP contribution in [-0.2, 0) is 0 Å². The summed E-state index contributed by atoms with van der Waals surface area (Å²) in [6.45, 7) is 3.71. The van der Waals surface area contributed by atoms with Gasteiger partial charge in [-0.2, -0.15) is 0 Å². The summed E-state index contributed by atoms with van der Waals surface area (Å²) in [5, 5.41) is 0. The maximum atomic E-state index is 5.38. The highest BCUT2D eigenvalue weighted by atomic mass is 16.5. The van der Waals surface area contributed by atoms with Crippen LogP contribution in [0.3, 0.4) is 0 Å². The lowest BCUT2D eigenvalue weighted by Crippen LogP contribution is -1.96. The standard InChI is InChI=1S/C12H15NO/c1-2-14-11-7-5-10(6-8-11)12-4-3-9-13-12/h5-8H,2-4,9H2,1H3. The lowest BCUT2D eigenvalue weighted by Gasteiger charge is -2.04. The number of hydrogen-bond donors (Lipinski definition) is 0. The van der Waals surface area contributed by atoms with Crippen molar-refractivity contribution in [3.63, 3.8) is 0 Å². The molecule has 0 saturated heterocycles. The molecule has 0 N–H and O–H groups in total. The Labute approximate surface area is 84.6 Å². The monoisotopic (exact) mass is 189 g/mol. The van der Waals surface area contributed by atoms with Crippen LogP contribution in [0.5, 0.6) is 5.75 Å². The van der Waals surface area contributed by atoms with Crippen molar-refractivity contribution < 1.29 is 4.74 Å². The van der Waals surface area contributed by atoms with Crippen LogP contribution in [0.15, 0.2) is 29.3 Å². The summed E-state index contributed by atoms with van der Waals surface area (Å²) in [5.41, 5.74) is 2.49. The molecule has 1 aliphatic heterocycles. The fraction of sp³-hybridized carbons (Fsp3) is 0.417. The zero-order valence-corrected chi connectivity index (χ0v) is 8.49. The van der Waals surface area contributed by atoms with E-state index in [1.165, 1.54) is 17.7 Å². The van der Waals surface area contributed by atoms with Gasteiger partial charge in [-0.3, -0.25) is 4.99 Å². The molecule has 2 nitrogen and oxygen atoms in total. The van der Waals surface area contributed by atoms with E-state index in [0.717, 1.165) is 25.3 Å². The lowest BCUT2D eigenvalue weighted by molar-refractivity contribution is 0.340.